The molecule has 0 saturated carbocycles. The molecule has 1 heterocycles. The number of rotatable bonds is 2. The van der Waals surface area contributed by atoms with E-state index in [2.05, 4.69) is 39.0 Å². The van der Waals surface area contributed by atoms with Gasteiger partial charge in [-0.3, -0.25) is 0 Å². The summed E-state index contributed by atoms with van der Waals surface area (Å²) in [7, 11) is 0. The van der Waals surface area contributed by atoms with Crippen LogP contribution in [0.2, 0.25) is 0 Å². The second kappa shape index (κ2) is 3.74. The summed E-state index contributed by atoms with van der Waals surface area (Å²) >= 11 is 1.96. The standard InChI is InChI=1S/C13H16S/c1-4-10-11-7-6-9(3)8-13(11)14-12(10)5-2/h6-8H,4-5H2,1-3H3. The smallest absolute Gasteiger partial charge is 0.0351 e. The third kappa shape index (κ3) is 1.46. The predicted molar refractivity (Wildman–Crippen MR) is 65.3 cm³/mol. The summed E-state index contributed by atoms with van der Waals surface area (Å²) in [6.45, 7) is 6.66. The zero-order valence-corrected chi connectivity index (χ0v) is 9.87. The van der Waals surface area contributed by atoms with Crippen molar-refractivity contribution in [2.45, 2.75) is 33.6 Å². The molecule has 0 saturated heterocycles. The summed E-state index contributed by atoms with van der Waals surface area (Å²) in [6.07, 6.45) is 2.33. The zero-order valence-electron chi connectivity index (χ0n) is 9.05. The molecule has 1 aromatic heterocycles. The molecule has 1 heteroatoms. The van der Waals surface area contributed by atoms with Crippen LogP contribution in [-0.2, 0) is 12.8 Å². The van der Waals surface area contributed by atoms with Gasteiger partial charge in [0.2, 0.25) is 0 Å². The first-order chi connectivity index (χ1) is 6.76. The fourth-order valence-electron chi connectivity index (χ4n) is 1.98. The van der Waals surface area contributed by atoms with Gasteiger partial charge in [0.1, 0.15) is 0 Å². The Bertz CT molecular complexity index is 451. The lowest BCUT2D eigenvalue weighted by atomic mass is 10.1. The van der Waals surface area contributed by atoms with Crippen LogP contribution in [0.4, 0.5) is 0 Å². The van der Waals surface area contributed by atoms with E-state index in [4.69, 9.17) is 0 Å². The van der Waals surface area contributed by atoms with E-state index >= 15 is 0 Å². The molecule has 0 unspecified atom stereocenters. The van der Waals surface area contributed by atoms with Crippen LogP contribution >= 0.6 is 11.3 Å². The van der Waals surface area contributed by atoms with E-state index in [1.54, 1.807) is 10.4 Å². The molecule has 14 heavy (non-hydrogen) atoms. The van der Waals surface area contributed by atoms with Crippen molar-refractivity contribution in [3.05, 3.63) is 34.2 Å². The van der Waals surface area contributed by atoms with Crippen molar-refractivity contribution in [3.8, 4) is 0 Å². The van der Waals surface area contributed by atoms with Gasteiger partial charge in [0.25, 0.3) is 0 Å². The van der Waals surface area contributed by atoms with Gasteiger partial charge >= 0.3 is 0 Å². The summed E-state index contributed by atoms with van der Waals surface area (Å²) < 4.78 is 1.46. The summed E-state index contributed by atoms with van der Waals surface area (Å²) in [4.78, 5) is 1.56. The van der Waals surface area contributed by atoms with Gasteiger partial charge in [-0.05, 0) is 42.3 Å². The van der Waals surface area contributed by atoms with E-state index < -0.39 is 0 Å². The Morgan fingerprint density at radius 1 is 1.14 bits per heavy atom. The first-order valence-corrected chi connectivity index (χ1v) is 6.08. The minimum Gasteiger partial charge on any atom is -0.140 e. The molecule has 2 rings (SSSR count). The Labute approximate surface area is 89.6 Å². The van der Waals surface area contributed by atoms with Crippen molar-refractivity contribution in [1.29, 1.82) is 0 Å². The van der Waals surface area contributed by atoms with Crippen molar-refractivity contribution in [2.24, 2.45) is 0 Å². The topological polar surface area (TPSA) is 0 Å². The molecule has 0 aliphatic heterocycles. The number of aryl methyl sites for hydroxylation is 3. The molecule has 0 N–H and O–H groups in total. The van der Waals surface area contributed by atoms with Gasteiger partial charge < -0.3 is 0 Å². The van der Waals surface area contributed by atoms with E-state index in [1.807, 2.05) is 11.3 Å². The molecule has 0 amide bonds. The molecule has 0 aliphatic carbocycles. The highest BCUT2D eigenvalue weighted by Crippen LogP contribution is 2.32. The summed E-state index contributed by atoms with van der Waals surface area (Å²) in [5, 5.41) is 1.47. The number of hydrogen-bond donors (Lipinski definition) is 0. The first kappa shape index (κ1) is 9.72. The fraction of sp³-hybridized carbons (Fsp3) is 0.385. The minimum absolute atomic E-state index is 1.16. The average Bonchev–Trinajstić information content (AvgIpc) is 2.54. The van der Waals surface area contributed by atoms with Gasteiger partial charge in [-0.25, -0.2) is 0 Å². The SMILES string of the molecule is CCc1sc2cc(C)ccc2c1CC. The molecular formula is C13H16S. The summed E-state index contributed by atoms with van der Waals surface area (Å²) in [5.74, 6) is 0. The molecule has 0 atom stereocenters. The maximum Gasteiger partial charge on any atom is 0.0351 e. The second-order valence-electron chi connectivity index (χ2n) is 3.71. The maximum absolute atomic E-state index is 2.30. The van der Waals surface area contributed by atoms with Crippen LogP contribution in [0.1, 0.15) is 29.9 Å². The number of hydrogen-bond acceptors (Lipinski definition) is 1. The Morgan fingerprint density at radius 3 is 2.57 bits per heavy atom. The van der Waals surface area contributed by atoms with Gasteiger partial charge in [-0.15, -0.1) is 11.3 Å². The molecule has 0 aliphatic rings. The lowest BCUT2D eigenvalue weighted by molar-refractivity contribution is 1.08. The van der Waals surface area contributed by atoms with Crippen molar-refractivity contribution in [1.82, 2.24) is 0 Å². The molecule has 1 aromatic carbocycles. The highest BCUT2D eigenvalue weighted by Gasteiger charge is 2.08. The molecule has 0 bridgehead atoms. The van der Waals surface area contributed by atoms with Crippen LogP contribution in [0.15, 0.2) is 18.2 Å². The minimum atomic E-state index is 1.16. The van der Waals surface area contributed by atoms with E-state index in [1.165, 1.54) is 22.1 Å². The van der Waals surface area contributed by atoms with Crippen LogP contribution in [-0.4, -0.2) is 0 Å². The van der Waals surface area contributed by atoms with Crippen molar-refractivity contribution in [3.63, 3.8) is 0 Å². The predicted octanol–water partition coefficient (Wildman–Crippen LogP) is 4.33. The first-order valence-electron chi connectivity index (χ1n) is 5.27. The number of thiophene rings is 1. The molecule has 0 nitrogen and oxygen atoms in total. The molecule has 74 valence electrons. The largest absolute Gasteiger partial charge is 0.140 e. The Kier molecular flexibility index (Phi) is 2.60. The van der Waals surface area contributed by atoms with Crippen molar-refractivity contribution in [2.75, 3.05) is 0 Å². The third-order valence-corrected chi connectivity index (χ3v) is 4.05. The van der Waals surface area contributed by atoms with E-state index in [0.717, 1.165) is 6.42 Å². The van der Waals surface area contributed by atoms with Crippen molar-refractivity contribution >= 4 is 21.4 Å². The highest BCUT2D eigenvalue weighted by molar-refractivity contribution is 7.19. The van der Waals surface area contributed by atoms with Crippen LogP contribution in [0.5, 0.6) is 0 Å². The summed E-state index contributed by atoms with van der Waals surface area (Å²) in [5.41, 5.74) is 2.93. The van der Waals surface area contributed by atoms with E-state index in [9.17, 15) is 0 Å². The molecule has 0 spiro atoms. The van der Waals surface area contributed by atoms with Gasteiger partial charge in [0.05, 0.1) is 0 Å². The Hall–Kier alpha value is -0.820. The lowest BCUT2D eigenvalue weighted by Gasteiger charge is -1.97. The van der Waals surface area contributed by atoms with Crippen LogP contribution in [0, 0.1) is 6.92 Å². The van der Waals surface area contributed by atoms with Gasteiger partial charge in [0.15, 0.2) is 0 Å². The fourth-order valence-corrected chi connectivity index (χ4v) is 3.31. The highest BCUT2D eigenvalue weighted by atomic mass is 32.1. The molecule has 2 aromatic rings. The maximum atomic E-state index is 2.30. The lowest BCUT2D eigenvalue weighted by Crippen LogP contribution is -1.83. The normalized spacial score (nSPS) is 11.1. The van der Waals surface area contributed by atoms with Gasteiger partial charge in [-0.1, -0.05) is 26.0 Å². The Balaban J connectivity index is 2.73. The van der Waals surface area contributed by atoms with Crippen molar-refractivity contribution < 1.29 is 0 Å². The van der Waals surface area contributed by atoms with Gasteiger partial charge in [-0.2, -0.15) is 0 Å². The van der Waals surface area contributed by atoms with Crippen LogP contribution in [0.25, 0.3) is 10.1 Å². The number of benzene rings is 1. The zero-order chi connectivity index (χ0) is 10.1. The summed E-state index contributed by atoms with van der Waals surface area (Å²) in [6, 6.07) is 6.80. The van der Waals surface area contributed by atoms with Crippen LogP contribution < -0.4 is 0 Å². The average molecular weight is 204 g/mol. The monoisotopic (exact) mass is 204 g/mol. The van der Waals surface area contributed by atoms with E-state index in [0.29, 0.717) is 0 Å². The Morgan fingerprint density at radius 2 is 1.93 bits per heavy atom. The van der Waals surface area contributed by atoms with E-state index in [-0.39, 0.29) is 0 Å². The molecule has 0 radical (unpaired) electrons. The van der Waals surface area contributed by atoms with Gasteiger partial charge in [0, 0.05) is 9.58 Å². The quantitative estimate of drug-likeness (QED) is 0.683. The molecular weight excluding hydrogens is 188 g/mol. The third-order valence-electron chi connectivity index (χ3n) is 2.71. The number of fused-ring (bicyclic) bond motifs is 1. The van der Waals surface area contributed by atoms with Crippen LogP contribution in [0.3, 0.4) is 0 Å². The second-order valence-corrected chi connectivity index (χ2v) is 4.85. The molecule has 0 fully saturated rings.